The molecule has 0 fully saturated rings. The first kappa shape index (κ1) is 18.4. The third-order valence-corrected chi connectivity index (χ3v) is 3.60. The van der Waals surface area contributed by atoms with Crippen LogP contribution in [0, 0.1) is 0 Å². The number of nitrogens with one attached hydrogen (secondary N) is 1. The highest BCUT2D eigenvalue weighted by atomic mass is 19.4. The van der Waals surface area contributed by atoms with Gasteiger partial charge in [-0.1, -0.05) is 29.5 Å². The maximum Gasteiger partial charge on any atom is 0.573 e. The highest BCUT2D eigenvalue weighted by molar-refractivity contribution is 5.96. The van der Waals surface area contributed by atoms with E-state index in [1.807, 2.05) is 0 Å². The number of fused-ring (bicyclic) bond motifs is 1. The van der Waals surface area contributed by atoms with Gasteiger partial charge < -0.3 is 10.1 Å². The van der Waals surface area contributed by atoms with Crippen molar-refractivity contribution in [3.63, 3.8) is 0 Å². The minimum absolute atomic E-state index is 0.00467. The Hall–Kier alpha value is -3.43. The quantitative estimate of drug-likeness (QED) is 0.735. The van der Waals surface area contributed by atoms with Crippen LogP contribution in [0.4, 0.5) is 13.2 Å². The number of halogens is 3. The van der Waals surface area contributed by atoms with Crippen LogP contribution in [0.15, 0.2) is 53.3 Å². The Kier molecular flexibility index (Phi) is 5.06. The Morgan fingerprint density at radius 1 is 1.11 bits per heavy atom. The number of benzene rings is 2. The van der Waals surface area contributed by atoms with Crippen LogP contribution in [0.3, 0.4) is 0 Å². The fourth-order valence-electron chi connectivity index (χ4n) is 2.41. The standard InChI is InChI=1S/C17H13F3N4O3/c18-17(19,20)27-14-8-4-2-6-12(14)15(25)21-9-10-24-16(26)11-5-1-3-7-13(11)22-23-24/h1-8H,9-10H2,(H,21,25). The molecule has 10 heteroatoms. The Morgan fingerprint density at radius 3 is 2.59 bits per heavy atom. The van der Waals surface area contributed by atoms with Gasteiger partial charge in [0.2, 0.25) is 0 Å². The number of hydrogen-bond acceptors (Lipinski definition) is 5. The third-order valence-electron chi connectivity index (χ3n) is 3.60. The molecule has 0 aliphatic carbocycles. The minimum atomic E-state index is -4.91. The topological polar surface area (TPSA) is 86.1 Å². The van der Waals surface area contributed by atoms with Gasteiger partial charge >= 0.3 is 6.36 Å². The van der Waals surface area contributed by atoms with E-state index >= 15 is 0 Å². The highest BCUT2D eigenvalue weighted by Crippen LogP contribution is 2.26. The van der Waals surface area contributed by atoms with Gasteiger partial charge in [0.25, 0.3) is 11.5 Å². The maximum atomic E-state index is 12.4. The fraction of sp³-hybridized carbons (Fsp3) is 0.176. The molecular formula is C17H13F3N4O3. The molecule has 3 aromatic rings. The number of alkyl halides is 3. The first-order chi connectivity index (χ1) is 12.8. The minimum Gasteiger partial charge on any atom is -0.405 e. The van der Waals surface area contributed by atoms with Crippen molar-refractivity contribution in [3.05, 3.63) is 64.4 Å². The predicted molar refractivity (Wildman–Crippen MR) is 89.3 cm³/mol. The molecule has 0 atom stereocenters. The van der Waals surface area contributed by atoms with Gasteiger partial charge in [-0.2, -0.15) is 0 Å². The second-order valence-electron chi connectivity index (χ2n) is 5.43. The molecule has 7 nitrogen and oxygen atoms in total. The Morgan fingerprint density at radius 2 is 1.81 bits per heavy atom. The van der Waals surface area contributed by atoms with Gasteiger partial charge in [-0.15, -0.1) is 18.3 Å². The second-order valence-corrected chi connectivity index (χ2v) is 5.43. The van der Waals surface area contributed by atoms with E-state index in [4.69, 9.17) is 0 Å². The Bertz CT molecular complexity index is 1030. The molecule has 27 heavy (non-hydrogen) atoms. The van der Waals surface area contributed by atoms with Crippen molar-refractivity contribution in [2.75, 3.05) is 6.54 Å². The van der Waals surface area contributed by atoms with E-state index in [-0.39, 0.29) is 24.2 Å². The summed E-state index contributed by atoms with van der Waals surface area (Å²) in [6, 6.07) is 11.6. The van der Waals surface area contributed by atoms with Gasteiger partial charge in [-0.25, -0.2) is 4.68 Å². The molecule has 1 aromatic heterocycles. The van der Waals surface area contributed by atoms with E-state index in [9.17, 15) is 22.8 Å². The van der Waals surface area contributed by atoms with Crippen LogP contribution in [-0.2, 0) is 6.54 Å². The lowest BCUT2D eigenvalue weighted by Gasteiger charge is -2.13. The molecule has 140 valence electrons. The molecular weight excluding hydrogens is 365 g/mol. The van der Waals surface area contributed by atoms with Crippen LogP contribution in [0.2, 0.25) is 0 Å². The molecule has 0 saturated carbocycles. The van der Waals surface area contributed by atoms with E-state index in [0.29, 0.717) is 10.9 Å². The molecule has 1 heterocycles. The van der Waals surface area contributed by atoms with E-state index < -0.39 is 18.0 Å². The van der Waals surface area contributed by atoms with Crippen LogP contribution in [0.25, 0.3) is 10.9 Å². The first-order valence-corrected chi connectivity index (χ1v) is 7.81. The number of carbonyl (C=O) groups is 1. The monoisotopic (exact) mass is 378 g/mol. The third kappa shape index (κ3) is 4.40. The van der Waals surface area contributed by atoms with Crippen molar-refractivity contribution in [1.29, 1.82) is 0 Å². The highest BCUT2D eigenvalue weighted by Gasteiger charge is 2.32. The molecule has 0 bridgehead atoms. The van der Waals surface area contributed by atoms with Gasteiger partial charge in [-0.3, -0.25) is 9.59 Å². The molecule has 1 amide bonds. The van der Waals surface area contributed by atoms with Crippen molar-refractivity contribution in [2.24, 2.45) is 0 Å². The summed E-state index contributed by atoms with van der Waals surface area (Å²) in [5.41, 5.74) is -0.205. The van der Waals surface area contributed by atoms with E-state index in [1.54, 1.807) is 24.3 Å². The maximum absolute atomic E-state index is 12.4. The van der Waals surface area contributed by atoms with Gasteiger partial charge in [0.15, 0.2) is 0 Å². The smallest absolute Gasteiger partial charge is 0.405 e. The van der Waals surface area contributed by atoms with Crippen molar-refractivity contribution in [1.82, 2.24) is 20.3 Å². The van der Waals surface area contributed by atoms with Crippen LogP contribution >= 0.6 is 0 Å². The zero-order valence-corrected chi connectivity index (χ0v) is 13.7. The van der Waals surface area contributed by atoms with Crippen molar-refractivity contribution in [2.45, 2.75) is 12.9 Å². The molecule has 1 N–H and O–H groups in total. The SMILES string of the molecule is O=C(NCCn1nnc2ccccc2c1=O)c1ccccc1OC(F)(F)F. The summed E-state index contributed by atoms with van der Waals surface area (Å²) in [5, 5.41) is 10.5. The molecule has 2 aromatic carbocycles. The molecule has 3 rings (SSSR count). The van der Waals surface area contributed by atoms with Crippen LogP contribution < -0.4 is 15.6 Å². The largest absolute Gasteiger partial charge is 0.573 e. The number of rotatable bonds is 5. The van der Waals surface area contributed by atoms with Crippen molar-refractivity contribution in [3.8, 4) is 5.75 Å². The number of para-hydroxylation sites is 1. The predicted octanol–water partition coefficient (Wildman–Crippen LogP) is 2.12. The number of aromatic nitrogens is 3. The van der Waals surface area contributed by atoms with Gasteiger partial charge in [0.05, 0.1) is 17.5 Å². The lowest BCUT2D eigenvalue weighted by atomic mass is 10.2. The summed E-state index contributed by atoms with van der Waals surface area (Å²) in [4.78, 5) is 24.4. The summed E-state index contributed by atoms with van der Waals surface area (Å²) < 4.78 is 42.2. The lowest BCUT2D eigenvalue weighted by Crippen LogP contribution is -2.33. The number of nitrogens with zero attached hydrogens (tertiary/aromatic N) is 3. The zero-order valence-electron chi connectivity index (χ0n) is 13.7. The molecule has 0 saturated heterocycles. The number of hydrogen-bond donors (Lipinski definition) is 1. The summed E-state index contributed by atoms with van der Waals surface area (Å²) in [6.07, 6.45) is -4.91. The molecule has 0 aliphatic rings. The second kappa shape index (κ2) is 7.44. The lowest BCUT2D eigenvalue weighted by molar-refractivity contribution is -0.274. The molecule has 0 unspecified atom stereocenters. The summed E-state index contributed by atoms with van der Waals surface area (Å²) >= 11 is 0. The van der Waals surface area contributed by atoms with Gasteiger partial charge in [0, 0.05) is 6.54 Å². The number of amides is 1. The summed E-state index contributed by atoms with van der Waals surface area (Å²) in [5.74, 6) is -1.37. The normalized spacial score (nSPS) is 11.4. The first-order valence-electron chi connectivity index (χ1n) is 7.81. The van der Waals surface area contributed by atoms with E-state index in [1.165, 1.54) is 18.2 Å². The van der Waals surface area contributed by atoms with Gasteiger partial charge in [0.1, 0.15) is 11.3 Å². The van der Waals surface area contributed by atoms with E-state index in [2.05, 4.69) is 20.4 Å². The Balaban J connectivity index is 1.69. The van der Waals surface area contributed by atoms with Crippen molar-refractivity contribution >= 4 is 16.8 Å². The van der Waals surface area contributed by atoms with Crippen molar-refractivity contribution < 1.29 is 22.7 Å². The molecule has 0 radical (unpaired) electrons. The van der Waals surface area contributed by atoms with Crippen LogP contribution in [-0.4, -0.2) is 33.8 Å². The van der Waals surface area contributed by atoms with Crippen LogP contribution in [0.5, 0.6) is 5.75 Å². The Labute approximate surface area is 150 Å². The van der Waals surface area contributed by atoms with Crippen LogP contribution in [0.1, 0.15) is 10.4 Å². The summed E-state index contributed by atoms with van der Waals surface area (Å²) in [7, 11) is 0. The van der Waals surface area contributed by atoms with E-state index in [0.717, 1.165) is 10.7 Å². The summed E-state index contributed by atoms with van der Waals surface area (Å²) in [6.45, 7) is -0.0309. The number of carbonyl (C=O) groups excluding carboxylic acids is 1. The average molecular weight is 378 g/mol. The fourth-order valence-corrected chi connectivity index (χ4v) is 2.41. The number of ether oxygens (including phenoxy) is 1. The molecule has 0 spiro atoms. The average Bonchev–Trinajstić information content (AvgIpc) is 2.63. The zero-order chi connectivity index (χ0) is 19.4. The molecule has 0 aliphatic heterocycles. The van der Waals surface area contributed by atoms with Gasteiger partial charge in [-0.05, 0) is 24.3 Å².